The summed E-state index contributed by atoms with van der Waals surface area (Å²) in [7, 11) is 6.31. The van der Waals surface area contributed by atoms with Crippen LogP contribution < -0.4 is 4.46 Å². The predicted molar refractivity (Wildman–Crippen MR) is 72.6 cm³/mol. The molecule has 0 radical (unpaired) electrons. The molecule has 0 aliphatic carbocycles. The number of nitrogens with zero attached hydrogens (tertiary/aromatic N) is 1. The van der Waals surface area contributed by atoms with Gasteiger partial charge in [-0.05, 0) is 0 Å². The van der Waals surface area contributed by atoms with Gasteiger partial charge in [0.15, 0.2) is 0 Å². The van der Waals surface area contributed by atoms with Crippen LogP contribution in [0.1, 0.15) is 5.56 Å². The van der Waals surface area contributed by atoms with Crippen LogP contribution in [0.25, 0.3) is 10.8 Å². The third-order valence-corrected chi connectivity index (χ3v) is 7.19. The van der Waals surface area contributed by atoms with Gasteiger partial charge in [0.05, 0.1) is 0 Å². The van der Waals surface area contributed by atoms with Crippen LogP contribution in [0.15, 0.2) is 35.2 Å². The Kier molecular flexibility index (Phi) is 2.72. The minimum absolute atomic E-state index is 0.564. The zero-order chi connectivity index (χ0) is 11.1. The molecule has 0 fully saturated rings. The van der Waals surface area contributed by atoms with Gasteiger partial charge in [-0.2, -0.15) is 0 Å². The number of benzene rings is 2. The van der Waals surface area contributed by atoms with Gasteiger partial charge in [-0.3, -0.25) is 0 Å². The van der Waals surface area contributed by atoms with Gasteiger partial charge in [-0.1, -0.05) is 0 Å². The van der Waals surface area contributed by atoms with E-state index in [0.29, 0.717) is 13.8 Å². The molecule has 1 aliphatic rings. The second kappa shape index (κ2) is 4.08. The fraction of sp³-hybridized carbons (Fsp3) is 0.231. The molecular weight excluding hydrogens is 281 g/mol. The van der Waals surface area contributed by atoms with E-state index in [1.54, 1.807) is 4.46 Å². The minimum atomic E-state index is 0.564. The Labute approximate surface area is 105 Å². The second-order valence-electron chi connectivity index (χ2n) is 4.31. The fourth-order valence-corrected chi connectivity index (χ4v) is 6.94. The normalized spacial score (nSPS) is 13.9. The standard InChI is InChI=1S/C13H13NSSe/c1-14(2)8-10-7-6-9-4-3-5-11-12(9)13(10)16-15-11/h3-7H,8H2,1-2H3. The van der Waals surface area contributed by atoms with Gasteiger partial charge < -0.3 is 0 Å². The predicted octanol–water partition coefficient (Wildman–Crippen LogP) is 2.25. The van der Waals surface area contributed by atoms with Crippen molar-refractivity contribution in [2.75, 3.05) is 14.1 Å². The Balaban J connectivity index is 2.22. The Bertz CT molecular complexity index is 551. The average molecular weight is 294 g/mol. The van der Waals surface area contributed by atoms with E-state index in [9.17, 15) is 0 Å². The van der Waals surface area contributed by atoms with Crippen molar-refractivity contribution in [3.8, 4) is 0 Å². The van der Waals surface area contributed by atoms with Crippen LogP contribution >= 0.6 is 10.2 Å². The van der Waals surface area contributed by atoms with Crippen molar-refractivity contribution >= 4 is 39.3 Å². The molecule has 0 saturated heterocycles. The van der Waals surface area contributed by atoms with Gasteiger partial charge >= 0.3 is 106 Å². The number of hydrogen-bond donors (Lipinski definition) is 0. The van der Waals surface area contributed by atoms with E-state index in [2.05, 4.69) is 49.3 Å². The third kappa shape index (κ3) is 1.68. The molecule has 0 aromatic heterocycles. The first kappa shape index (κ1) is 10.7. The van der Waals surface area contributed by atoms with Gasteiger partial charge in [0.25, 0.3) is 0 Å². The molecule has 3 rings (SSSR count). The van der Waals surface area contributed by atoms with Crippen molar-refractivity contribution in [3.63, 3.8) is 0 Å². The molecule has 3 heteroatoms. The van der Waals surface area contributed by atoms with Crippen LogP contribution in [-0.4, -0.2) is 32.8 Å². The SMILES string of the molecule is CN(C)Cc1ccc2cccc3c2c1[Se]S3. The molecule has 2 aromatic carbocycles. The van der Waals surface area contributed by atoms with Crippen molar-refractivity contribution in [1.82, 2.24) is 4.90 Å². The third-order valence-electron chi connectivity index (χ3n) is 2.74. The van der Waals surface area contributed by atoms with Crippen molar-refractivity contribution in [3.05, 3.63) is 35.9 Å². The monoisotopic (exact) mass is 295 g/mol. The van der Waals surface area contributed by atoms with Gasteiger partial charge in [0.1, 0.15) is 0 Å². The van der Waals surface area contributed by atoms with E-state index in [1.165, 1.54) is 21.2 Å². The molecule has 0 unspecified atom stereocenters. The summed E-state index contributed by atoms with van der Waals surface area (Å²) in [6.07, 6.45) is 0. The van der Waals surface area contributed by atoms with Gasteiger partial charge in [0.2, 0.25) is 0 Å². The Morgan fingerprint density at radius 2 is 2.06 bits per heavy atom. The molecule has 0 spiro atoms. The molecule has 82 valence electrons. The van der Waals surface area contributed by atoms with Crippen molar-refractivity contribution in [2.24, 2.45) is 0 Å². The van der Waals surface area contributed by atoms with E-state index in [4.69, 9.17) is 0 Å². The molecule has 0 amide bonds. The van der Waals surface area contributed by atoms with E-state index < -0.39 is 0 Å². The van der Waals surface area contributed by atoms with Crippen LogP contribution in [0.3, 0.4) is 0 Å². The molecule has 2 aromatic rings. The maximum atomic E-state index is 2.30. The molecule has 1 aliphatic heterocycles. The van der Waals surface area contributed by atoms with Gasteiger partial charge in [-0.25, -0.2) is 0 Å². The summed E-state index contributed by atoms with van der Waals surface area (Å²) in [5.41, 5.74) is 1.51. The summed E-state index contributed by atoms with van der Waals surface area (Å²) in [6.45, 7) is 1.06. The zero-order valence-corrected chi connectivity index (χ0v) is 11.9. The molecule has 0 N–H and O–H groups in total. The van der Waals surface area contributed by atoms with Crippen LogP contribution in [0.5, 0.6) is 0 Å². The Hall–Kier alpha value is -0.471. The summed E-state index contributed by atoms with van der Waals surface area (Å²) in [5.74, 6) is 0. The number of hydrogen-bond acceptors (Lipinski definition) is 2. The van der Waals surface area contributed by atoms with Crippen molar-refractivity contribution in [2.45, 2.75) is 11.4 Å². The first-order valence-corrected chi connectivity index (χ1v) is 8.99. The van der Waals surface area contributed by atoms with E-state index >= 15 is 0 Å². The Morgan fingerprint density at radius 3 is 2.88 bits per heavy atom. The maximum absolute atomic E-state index is 2.30. The van der Waals surface area contributed by atoms with Gasteiger partial charge in [-0.15, -0.1) is 0 Å². The van der Waals surface area contributed by atoms with E-state index in [-0.39, 0.29) is 0 Å². The summed E-state index contributed by atoms with van der Waals surface area (Å²) < 4.78 is 1.61. The van der Waals surface area contributed by atoms with Crippen LogP contribution in [0.4, 0.5) is 0 Å². The summed E-state index contributed by atoms with van der Waals surface area (Å²) >= 11 is 0.564. The van der Waals surface area contributed by atoms with Crippen LogP contribution in [0.2, 0.25) is 0 Å². The molecule has 0 bridgehead atoms. The molecule has 1 heterocycles. The van der Waals surface area contributed by atoms with Gasteiger partial charge in [0, 0.05) is 0 Å². The molecular formula is C13H13NSSe. The topological polar surface area (TPSA) is 3.24 Å². The van der Waals surface area contributed by atoms with Crippen molar-refractivity contribution in [1.29, 1.82) is 0 Å². The summed E-state index contributed by atoms with van der Waals surface area (Å²) in [5, 5.41) is 2.92. The van der Waals surface area contributed by atoms with Crippen LogP contribution in [-0.2, 0) is 6.54 Å². The molecule has 16 heavy (non-hydrogen) atoms. The molecule has 0 atom stereocenters. The quantitative estimate of drug-likeness (QED) is 0.782. The summed E-state index contributed by atoms with van der Waals surface area (Å²) in [6, 6.07) is 11.2. The van der Waals surface area contributed by atoms with E-state index in [1.807, 2.05) is 10.2 Å². The van der Waals surface area contributed by atoms with E-state index in [0.717, 1.165) is 6.54 Å². The first-order valence-electron chi connectivity index (χ1n) is 5.29. The fourth-order valence-electron chi connectivity index (χ4n) is 2.07. The second-order valence-corrected chi connectivity index (χ2v) is 8.04. The molecule has 0 saturated carbocycles. The van der Waals surface area contributed by atoms with Crippen molar-refractivity contribution < 1.29 is 0 Å². The summed E-state index contributed by atoms with van der Waals surface area (Å²) in [4.78, 5) is 3.73. The zero-order valence-electron chi connectivity index (χ0n) is 9.36. The Morgan fingerprint density at radius 1 is 1.19 bits per heavy atom. The van der Waals surface area contributed by atoms with Crippen LogP contribution in [0, 0.1) is 0 Å². The average Bonchev–Trinajstić information content (AvgIpc) is 2.68. The first-order chi connectivity index (χ1) is 7.75. The molecule has 1 nitrogen and oxygen atoms in total. The number of rotatable bonds is 2.